The lowest BCUT2D eigenvalue weighted by molar-refractivity contribution is -0.137. The Morgan fingerprint density at radius 3 is 2.41 bits per heavy atom. The van der Waals surface area contributed by atoms with Crippen molar-refractivity contribution in [1.29, 1.82) is 0 Å². The molecule has 2 rings (SSSR count). The third-order valence-corrected chi connectivity index (χ3v) is 5.58. The van der Waals surface area contributed by atoms with E-state index in [0.29, 0.717) is 19.0 Å². The van der Waals surface area contributed by atoms with Gasteiger partial charge in [-0.2, -0.15) is 13.2 Å². The smallest absolute Gasteiger partial charge is 0.377 e. The molecule has 1 aliphatic rings. The van der Waals surface area contributed by atoms with E-state index in [1.807, 2.05) is 20.9 Å². The van der Waals surface area contributed by atoms with Gasteiger partial charge in [-0.15, -0.1) is 0 Å². The fraction of sp³-hybridized carbons (Fsp3) is 0.667. The zero-order valence-corrected chi connectivity index (χ0v) is 17.9. The third-order valence-electron chi connectivity index (χ3n) is 5.58. The summed E-state index contributed by atoms with van der Waals surface area (Å²) in [6, 6.07) is 5.63. The number of alkyl halides is 3. The molecule has 1 aromatic rings. The standard InChI is InChI=1S/C21H33F3N4O/c1-20(2,29-5)14-27-19(25-3)26-13-16-7-6-12-28(4)18(16)15-8-10-17(11-9-15)21(22,23)24/h8-11,16,18H,6-7,12-14H2,1-5H3,(H2,25,26,27). The molecule has 2 N–H and O–H groups in total. The molecule has 1 heterocycles. The molecule has 0 spiro atoms. The minimum atomic E-state index is -4.31. The van der Waals surface area contributed by atoms with Gasteiger partial charge in [-0.25, -0.2) is 0 Å². The van der Waals surface area contributed by atoms with Crippen molar-refractivity contribution in [2.75, 3.05) is 40.8 Å². The molecule has 0 saturated carbocycles. The van der Waals surface area contributed by atoms with Crippen molar-refractivity contribution < 1.29 is 17.9 Å². The van der Waals surface area contributed by atoms with Crippen LogP contribution < -0.4 is 10.6 Å². The summed E-state index contributed by atoms with van der Waals surface area (Å²) in [5, 5.41) is 6.63. The Labute approximate surface area is 171 Å². The number of rotatable bonds is 6. The first kappa shape index (κ1) is 23.5. The highest BCUT2D eigenvalue weighted by atomic mass is 19.4. The number of hydrogen-bond donors (Lipinski definition) is 2. The molecule has 164 valence electrons. The van der Waals surface area contributed by atoms with E-state index < -0.39 is 11.7 Å². The second-order valence-electron chi connectivity index (χ2n) is 8.22. The zero-order valence-electron chi connectivity index (χ0n) is 17.9. The van der Waals surface area contributed by atoms with E-state index in [-0.39, 0.29) is 17.6 Å². The largest absolute Gasteiger partial charge is 0.416 e. The van der Waals surface area contributed by atoms with Gasteiger partial charge in [0.15, 0.2) is 5.96 Å². The Kier molecular flexibility index (Phi) is 7.94. The lowest BCUT2D eigenvalue weighted by Gasteiger charge is -2.40. The van der Waals surface area contributed by atoms with Crippen LogP contribution in [0.1, 0.15) is 43.9 Å². The van der Waals surface area contributed by atoms with Crippen LogP contribution in [0.3, 0.4) is 0 Å². The monoisotopic (exact) mass is 414 g/mol. The van der Waals surface area contributed by atoms with Crippen molar-refractivity contribution in [1.82, 2.24) is 15.5 Å². The summed E-state index contributed by atoms with van der Waals surface area (Å²) in [6.07, 6.45) is -2.25. The molecule has 8 heteroatoms. The number of piperidine rings is 1. The van der Waals surface area contributed by atoms with Crippen molar-refractivity contribution in [2.24, 2.45) is 10.9 Å². The molecule has 1 aromatic carbocycles. The van der Waals surface area contributed by atoms with Gasteiger partial charge >= 0.3 is 6.18 Å². The minimum absolute atomic E-state index is 0.0621. The van der Waals surface area contributed by atoms with Crippen molar-refractivity contribution >= 4 is 5.96 Å². The van der Waals surface area contributed by atoms with Crippen molar-refractivity contribution in [2.45, 2.75) is 44.5 Å². The van der Waals surface area contributed by atoms with Crippen LogP contribution in [0, 0.1) is 5.92 Å². The summed E-state index contributed by atoms with van der Waals surface area (Å²) in [6.45, 7) is 6.20. The summed E-state index contributed by atoms with van der Waals surface area (Å²) < 4.78 is 44.1. The lowest BCUT2D eigenvalue weighted by Crippen LogP contribution is -2.48. The number of hydrogen-bond acceptors (Lipinski definition) is 3. The highest BCUT2D eigenvalue weighted by molar-refractivity contribution is 5.79. The van der Waals surface area contributed by atoms with Gasteiger partial charge in [-0.3, -0.25) is 9.89 Å². The fourth-order valence-corrected chi connectivity index (χ4v) is 3.69. The minimum Gasteiger partial charge on any atom is -0.377 e. The average molecular weight is 415 g/mol. The van der Waals surface area contributed by atoms with E-state index >= 15 is 0 Å². The first-order valence-corrected chi connectivity index (χ1v) is 9.94. The van der Waals surface area contributed by atoms with Gasteiger partial charge in [0.2, 0.25) is 0 Å². The number of likely N-dealkylation sites (tertiary alicyclic amines) is 1. The summed E-state index contributed by atoms with van der Waals surface area (Å²) in [5.74, 6) is 0.953. The molecule has 0 aliphatic carbocycles. The summed E-state index contributed by atoms with van der Waals surface area (Å²) in [7, 11) is 5.42. The highest BCUT2D eigenvalue weighted by Gasteiger charge is 2.33. The maximum absolute atomic E-state index is 12.9. The lowest BCUT2D eigenvalue weighted by atomic mass is 9.84. The van der Waals surface area contributed by atoms with Crippen LogP contribution in [0.4, 0.5) is 13.2 Å². The average Bonchev–Trinajstić information content (AvgIpc) is 2.67. The summed E-state index contributed by atoms with van der Waals surface area (Å²) in [4.78, 5) is 6.49. The van der Waals surface area contributed by atoms with Gasteiger partial charge in [0, 0.05) is 33.3 Å². The Hall–Kier alpha value is -1.80. The molecular weight excluding hydrogens is 381 g/mol. The summed E-state index contributed by atoms with van der Waals surface area (Å²) >= 11 is 0. The molecule has 29 heavy (non-hydrogen) atoms. The van der Waals surface area contributed by atoms with Crippen LogP contribution in [-0.2, 0) is 10.9 Å². The number of methoxy groups -OCH3 is 1. The normalized spacial score (nSPS) is 21.9. The van der Waals surface area contributed by atoms with Gasteiger partial charge in [-0.1, -0.05) is 12.1 Å². The van der Waals surface area contributed by atoms with E-state index in [1.54, 1.807) is 26.3 Å². The second kappa shape index (κ2) is 9.80. The maximum Gasteiger partial charge on any atom is 0.416 e. The molecule has 1 aliphatic heterocycles. The SMILES string of the molecule is CN=C(NCC1CCCN(C)C1c1ccc(C(F)(F)F)cc1)NCC(C)(C)OC. The Bertz CT molecular complexity index is 673. The van der Waals surface area contributed by atoms with Crippen molar-refractivity contribution in [3.05, 3.63) is 35.4 Å². The molecule has 1 fully saturated rings. The molecule has 2 unspecified atom stereocenters. The van der Waals surface area contributed by atoms with Gasteiger partial charge < -0.3 is 15.4 Å². The van der Waals surface area contributed by atoms with E-state index in [4.69, 9.17) is 4.74 Å². The molecular formula is C21H33F3N4O. The van der Waals surface area contributed by atoms with E-state index in [2.05, 4.69) is 20.5 Å². The molecule has 0 bridgehead atoms. The third kappa shape index (κ3) is 6.60. The zero-order chi connectivity index (χ0) is 21.7. The Morgan fingerprint density at radius 2 is 1.86 bits per heavy atom. The van der Waals surface area contributed by atoms with E-state index in [0.717, 1.165) is 24.9 Å². The number of nitrogens with zero attached hydrogens (tertiary/aromatic N) is 2. The van der Waals surface area contributed by atoms with Crippen LogP contribution in [-0.4, -0.2) is 57.3 Å². The number of ether oxygens (including phenoxy) is 1. The topological polar surface area (TPSA) is 48.9 Å². The highest BCUT2D eigenvalue weighted by Crippen LogP contribution is 2.36. The van der Waals surface area contributed by atoms with Crippen LogP contribution in [0.2, 0.25) is 0 Å². The Balaban J connectivity index is 2.06. The number of nitrogens with one attached hydrogen (secondary N) is 2. The fourth-order valence-electron chi connectivity index (χ4n) is 3.69. The number of guanidine groups is 1. The second-order valence-corrected chi connectivity index (χ2v) is 8.22. The summed E-state index contributed by atoms with van der Waals surface area (Å²) in [5.41, 5.74) is -0.0129. The van der Waals surface area contributed by atoms with E-state index in [9.17, 15) is 13.2 Å². The predicted octanol–water partition coefficient (Wildman–Crippen LogP) is 3.68. The molecule has 2 atom stereocenters. The maximum atomic E-state index is 12.9. The Morgan fingerprint density at radius 1 is 1.21 bits per heavy atom. The van der Waals surface area contributed by atoms with Crippen molar-refractivity contribution in [3.63, 3.8) is 0 Å². The van der Waals surface area contributed by atoms with Gasteiger partial charge in [0.25, 0.3) is 0 Å². The first-order chi connectivity index (χ1) is 13.6. The van der Waals surface area contributed by atoms with Crippen molar-refractivity contribution in [3.8, 4) is 0 Å². The molecule has 0 aromatic heterocycles. The van der Waals surface area contributed by atoms with Crippen LogP contribution in [0.5, 0.6) is 0 Å². The number of halogens is 3. The van der Waals surface area contributed by atoms with Gasteiger partial charge in [0.05, 0.1) is 11.2 Å². The molecule has 1 saturated heterocycles. The van der Waals surface area contributed by atoms with Gasteiger partial charge in [0.1, 0.15) is 0 Å². The molecule has 0 radical (unpaired) electrons. The van der Waals surface area contributed by atoms with E-state index in [1.165, 1.54) is 12.1 Å². The van der Waals surface area contributed by atoms with Crippen LogP contribution in [0.25, 0.3) is 0 Å². The number of benzene rings is 1. The predicted molar refractivity (Wildman–Crippen MR) is 110 cm³/mol. The quantitative estimate of drug-likeness (QED) is 0.551. The number of aliphatic imine (C=N–C) groups is 1. The van der Waals surface area contributed by atoms with Gasteiger partial charge in [-0.05, 0) is 63.9 Å². The molecule has 5 nitrogen and oxygen atoms in total. The van der Waals surface area contributed by atoms with Crippen LogP contribution in [0.15, 0.2) is 29.3 Å². The molecule has 0 amide bonds. The first-order valence-electron chi connectivity index (χ1n) is 9.94. The van der Waals surface area contributed by atoms with Crippen LogP contribution >= 0.6 is 0 Å².